The van der Waals surface area contributed by atoms with Crippen LogP contribution >= 0.6 is 0 Å². The van der Waals surface area contributed by atoms with Gasteiger partial charge in [0, 0.05) is 12.8 Å². The number of Topliss-reactive ketones (excluding diaryl/α,β-unsaturated/α-hetero) is 1. The van der Waals surface area contributed by atoms with Crippen LogP contribution in [0.1, 0.15) is 33.1 Å². The summed E-state index contributed by atoms with van der Waals surface area (Å²) < 4.78 is 10.8. The molecule has 0 saturated heterocycles. The minimum absolute atomic E-state index is 0.156. The van der Waals surface area contributed by atoms with Gasteiger partial charge in [-0.1, -0.05) is 0 Å². The van der Waals surface area contributed by atoms with Gasteiger partial charge in [0.1, 0.15) is 5.78 Å². The summed E-state index contributed by atoms with van der Waals surface area (Å²) in [7, 11) is 0. The van der Waals surface area contributed by atoms with Crippen molar-refractivity contribution >= 4 is 5.78 Å². The zero-order valence-corrected chi connectivity index (χ0v) is 8.41. The van der Waals surface area contributed by atoms with Crippen LogP contribution in [0.25, 0.3) is 0 Å². The van der Waals surface area contributed by atoms with E-state index >= 15 is 0 Å². The number of ketones is 1. The molecule has 0 radical (unpaired) electrons. The summed E-state index contributed by atoms with van der Waals surface area (Å²) >= 11 is 0. The van der Waals surface area contributed by atoms with Crippen LogP contribution in [0.5, 0.6) is 0 Å². The molecule has 1 atom stereocenters. The van der Waals surface area contributed by atoms with Crippen molar-refractivity contribution in [1.82, 2.24) is 0 Å². The zero-order valence-electron chi connectivity index (χ0n) is 8.41. The van der Waals surface area contributed by atoms with Crippen LogP contribution in [-0.2, 0) is 14.3 Å². The molecule has 13 heavy (non-hydrogen) atoms. The molecule has 1 aliphatic rings. The maximum atomic E-state index is 10.9. The van der Waals surface area contributed by atoms with E-state index in [0.29, 0.717) is 31.8 Å². The number of carbonyl (C=O) groups excluding carboxylic acids is 1. The Balaban J connectivity index is 1.97. The number of ether oxygens (including phenoxy) is 2. The molecule has 1 aliphatic carbocycles. The fourth-order valence-electron chi connectivity index (χ4n) is 1.42. The maximum absolute atomic E-state index is 10.9. The first-order valence-corrected chi connectivity index (χ1v) is 4.93. The highest BCUT2D eigenvalue weighted by molar-refractivity contribution is 5.81. The van der Waals surface area contributed by atoms with Crippen LogP contribution in [0.3, 0.4) is 0 Å². The molecule has 1 saturated carbocycles. The second kappa shape index (κ2) is 5.35. The Morgan fingerprint density at radius 1 is 1.46 bits per heavy atom. The van der Waals surface area contributed by atoms with E-state index in [4.69, 9.17) is 9.47 Å². The van der Waals surface area contributed by atoms with Crippen molar-refractivity contribution in [2.45, 2.75) is 45.3 Å². The van der Waals surface area contributed by atoms with Crippen LogP contribution in [0.15, 0.2) is 0 Å². The van der Waals surface area contributed by atoms with Crippen molar-refractivity contribution in [3.8, 4) is 0 Å². The minimum atomic E-state index is 0.156. The molecule has 1 rings (SSSR count). The molecule has 0 aromatic heterocycles. The average Bonchev–Trinajstić information content (AvgIpc) is 2.45. The monoisotopic (exact) mass is 186 g/mol. The highest BCUT2D eigenvalue weighted by atomic mass is 16.5. The highest BCUT2D eigenvalue weighted by Crippen LogP contribution is 2.17. The predicted molar refractivity (Wildman–Crippen MR) is 49.7 cm³/mol. The van der Waals surface area contributed by atoms with Gasteiger partial charge >= 0.3 is 0 Å². The standard InChI is InChI=1S/C10H18O3/c1-8(2)12-5-6-13-10-4-3-9(11)7-10/h8,10H,3-7H2,1-2H3. The Bertz CT molecular complexity index is 166. The molecule has 76 valence electrons. The first kappa shape index (κ1) is 10.7. The first-order chi connectivity index (χ1) is 6.18. The van der Waals surface area contributed by atoms with Crippen LogP contribution in [-0.4, -0.2) is 31.2 Å². The number of carbonyl (C=O) groups is 1. The Hall–Kier alpha value is -0.410. The summed E-state index contributed by atoms with van der Waals surface area (Å²) in [5, 5.41) is 0. The molecule has 0 N–H and O–H groups in total. The molecule has 0 aromatic carbocycles. The van der Waals surface area contributed by atoms with Gasteiger partial charge in [-0.25, -0.2) is 0 Å². The molecule has 3 heteroatoms. The number of hydrogen-bond acceptors (Lipinski definition) is 3. The lowest BCUT2D eigenvalue weighted by Gasteiger charge is -2.11. The van der Waals surface area contributed by atoms with Gasteiger partial charge in [-0.2, -0.15) is 0 Å². The Morgan fingerprint density at radius 3 is 2.77 bits per heavy atom. The van der Waals surface area contributed by atoms with E-state index in [1.54, 1.807) is 0 Å². The van der Waals surface area contributed by atoms with Gasteiger partial charge in [0.15, 0.2) is 0 Å². The summed E-state index contributed by atoms with van der Waals surface area (Å²) in [6.07, 6.45) is 2.59. The second-order valence-electron chi connectivity index (χ2n) is 3.69. The minimum Gasteiger partial charge on any atom is -0.376 e. The average molecular weight is 186 g/mol. The van der Waals surface area contributed by atoms with Crippen LogP contribution in [0, 0.1) is 0 Å². The van der Waals surface area contributed by atoms with Gasteiger partial charge in [-0.15, -0.1) is 0 Å². The molecule has 3 nitrogen and oxygen atoms in total. The van der Waals surface area contributed by atoms with E-state index in [1.807, 2.05) is 13.8 Å². The summed E-state index contributed by atoms with van der Waals surface area (Å²) in [6, 6.07) is 0. The van der Waals surface area contributed by atoms with Crippen molar-refractivity contribution in [2.75, 3.05) is 13.2 Å². The molecule has 0 aliphatic heterocycles. The van der Waals surface area contributed by atoms with Crippen LogP contribution in [0.2, 0.25) is 0 Å². The molecular weight excluding hydrogens is 168 g/mol. The lowest BCUT2D eigenvalue weighted by molar-refractivity contribution is -0.118. The fourth-order valence-corrected chi connectivity index (χ4v) is 1.42. The number of rotatable bonds is 5. The SMILES string of the molecule is CC(C)OCCOC1CCC(=O)C1. The first-order valence-electron chi connectivity index (χ1n) is 4.93. The summed E-state index contributed by atoms with van der Waals surface area (Å²) in [5.74, 6) is 0.328. The third-order valence-electron chi connectivity index (χ3n) is 2.09. The third kappa shape index (κ3) is 4.39. The largest absolute Gasteiger partial charge is 0.376 e. The molecule has 0 aromatic rings. The molecule has 0 amide bonds. The van der Waals surface area contributed by atoms with Crippen molar-refractivity contribution in [2.24, 2.45) is 0 Å². The van der Waals surface area contributed by atoms with Gasteiger partial charge in [0.25, 0.3) is 0 Å². The van der Waals surface area contributed by atoms with Crippen molar-refractivity contribution in [3.05, 3.63) is 0 Å². The van der Waals surface area contributed by atoms with E-state index in [2.05, 4.69) is 0 Å². The van der Waals surface area contributed by atoms with E-state index < -0.39 is 0 Å². The fraction of sp³-hybridized carbons (Fsp3) is 0.900. The predicted octanol–water partition coefficient (Wildman–Crippen LogP) is 1.55. The summed E-state index contributed by atoms with van der Waals surface area (Å²) in [5.41, 5.74) is 0. The van der Waals surface area contributed by atoms with Crippen molar-refractivity contribution in [3.63, 3.8) is 0 Å². The Kier molecular flexibility index (Phi) is 4.39. The van der Waals surface area contributed by atoms with Crippen molar-refractivity contribution in [1.29, 1.82) is 0 Å². The molecule has 0 heterocycles. The quantitative estimate of drug-likeness (QED) is 0.611. The second-order valence-corrected chi connectivity index (χ2v) is 3.69. The molecule has 1 unspecified atom stereocenters. The summed E-state index contributed by atoms with van der Waals surface area (Å²) in [6.45, 7) is 5.23. The van der Waals surface area contributed by atoms with E-state index in [9.17, 15) is 4.79 Å². The van der Waals surface area contributed by atoms with Gasteiger partial charge in [0.05, 0.1) is 25.4 Å². The molecular formula is C10H18O3. The topological polar surface area (TPSA) is 35.5 Å². The smallest absolute Gasteiger partial charge is 0.135 e. The van der Waals surface area contributed by atoms with Crippen LogP contribution < -0.4 is 0 Å². The highest BCUT2D eigenvalue weighted by Gasteiger charge is 2.22. The summed E-state index contributed by atoms with van der Waals surface area (Å²) in [4.78, 5) is 10.9. The van der Waals surface area contributed by atoms with E-state index in [-0.39, 0.29) is 12.2 Å². The molecule has 1 fully saturated rings. The third-order valence-corrected chi connectivity index (χ3v) is 2.09. The molecule has 0 bridgehead atoms. The lowest BCUT2D eigenvalue weighted by atomic mass is 10.3. The molecule has 0 spiro atoms. The van der Waals surface area contributed by atoms with Crippen molar-refractivity contribution < 1.29 is 14.3 Å². The van der Waals surface area contributed by atoms with Gasteiger partial charge in [0.2, 0.25) is 0 Å². The number of hydrogen-bond donors (Lipinski definition) is 0. The van der Waals surface area contributed by atoms with Gasteiger partial charge in [-0.05, 0) is 20.3 Å². The lowest BCUT2D eigenvalue weighted by Crippen LogP contribution is -2.15. The normalized spacial score (nSPS) is 23.0. The van der Waals surface area contributed by atoms with Crippen LogP contribution in [0.4, 0.5) is 0 Å². The van der Waals surface area contributed by atoms with E-state index in [0.717, 1.165) is 6.42 Å². The van der Waals surface area contributed by atoms with E-state index in [1.165, 1.54) is 0 Å². The maximum Gasteiger partial charge on any atom is 0.135 e. The zero-order chi connectivity index (χ0) is 9.68. The van der Waals surface area contributed by atoms with Gasteiger partial charge in [-0.3, -0.25) is 4.79 Å². The van der Waals surface area contributed by atoms with Gasteiger partial charge < -0.3 is 9.47 Å². The Morgan fingerprint density at radius 2 is 2.23 bits per heavy atom. The Labute approximate surface area is 79.4 Å².